The first-order chi connectivity index (χ1) is 11.5. The highest BCUT2D eigenvalue weighted by Crippen LogP contribution is 2.15. The molecule has 1 saturated heterocycles. The summed E-state index contributed by atoms with van der Waals surface area (Å²) >= 11 is 5.90. The van der Waals surface area contributed by atoms with E-state index >= 15 is 0 Å². The number of rotatable bonds is 2. The van der Waals surface area contributed by atoms with Crippen LogP contribution in [-0.2, 0) is 0 Å². The first kappa shape index (κ1) is 16.7. The lowest BCUT2D eigenvalue weighted by Crippen LogP contribution is -2.44. The summed E-state index contributed by atoms with van der Waals surface area (Å²) in [6.07, 6.45) is 0.830. The number of aryl methyl sites for hydroxylation is 1. The van der Waals surface area contributed by atoms with E-state index < -0.39 is 17.4 Å². The normalized spacial score (nSPS) is 17.8. The van der Waals surface area contributed by atoms with E-state index in [-0.39, 0.29) is 12.2 Å². The number of aliphatic hydroxyl groups is 1. The number of benzene rings is 1. The third kappa shape index (κ3) is 3.34. The third-order valence-electron chi connectivity index (χ3n) is 4.06. The van der Waals surface area contributed by atoms with Gasteiger partial charge >= 0.3 is 0 Å². The van der Waals surface area contributed by atoms with Gasteiger partial charge in [0.05, 0.1) is 11.8 Å². The van der Waals surface area contributed by atoms with Gasteiger partial charge in [0.15, 0.2) is 5.69 Å². The Bertz CT molecular complexity index is 817. The van der Waals surface area contributed by atoms with Crippen molar-refractivity contribution in [1.82, 2.24) is 14.7 Å². The molecule has 2 aromatic rings. The van der Waals surface area contributed by atoms with Crippen molar-refractivity contribution >= 4 is 17.5 Å². The molecule has 1 aromatic heterocycles. The number of amides is 1. The number of piperidine rings is 1. The molecule has 0 radical (unpaired) electrons. The molecular formula is C17H18ClN3O3. The van der Waals surface area contributed by atoms with Gasteiger partial charge in [-0.05, 0) is 44.0 Å². The zero-order valence-electron chi connectivity index (χ0n) is 13.3. The van der Waals surface area contributed by atoms with Gasteiger partial charge in [-0.3, -0.25) is 9.59 Å². The van der Waals surface area contributed by atoms with Crippen molar-refractivity contribution < 1.29 is 9.90 Å². The maximum absolute atomic E-state index is 12.6. The molecule has 7 heteroatoms. The number of nitrogens with zero attached hydrogens (tertiary/aromatic N) is 3. The van der Waals surface area contributed by atoms with Gasteiger partial charge in [0.2, 0.25) is 5.43 Å². The van der Waals surface area contributed by atoms with E-state index in [0.29, 0.717) is 35.8 Å². The predicted molar refractivity (Wildman–Crippen MR) is 90.7 cm³/mol. The number of aromatic nitrogens is 2. The molecule has 0 aliphatic carbocycles. The van der Waals surface area contributed by atoms with Crippen molar-refractivity contribution in [3.8, 4) is 5.69 Å². The van der Waals surface area contributed by atoms with Crippen LogP contribution in [-0.4, -0.2) is 44.9 Å². The van der Waals surface area contributed by atoms with Gasteiger partial charge in [-0.2, -0.15) is 5.10 Å². The van der Waals surface area contributed by atoms with Crippen LogP contribution in [0.5, 0.6) is 0 Å². The fraction of sp³-hybridized carbons (Fsp3) is 0.353. The van der Waals surface area contributed by atoms with Crippen LogP contribution in [0.3, 0.4) is 0 Å². The monoisotopic (exact) mass is 347 g/mol. The average Bonchev–Trinajstić information content (AvgIpc) is 2.55. The summed E-state index contributed by atoms with van der Waals surface area (Å²) in [5, 5.41) is 14.6. The highest BCUT2D eigenvalue weighted by molar-refractivity contribution is 6.30. The Balaban J connectivity index is 1.99. The maximum atomic E-state index is 12.6. The van der Waals surface area contributed by atoms with Crippen molar-refractivity contribution in [3.05, 3.63) is 57.0 Å². The van der Waals surface area contributed by atoms with E-state index in [1.54, 1.807) is 35.9 Å². The Hall–Kier alpha value is -2.18. The van der Waals surface area contributed by atoms with E-state index in [1.807, 2.05) is 0 Å². The van der Waals surface area contributed by atoms with Crippen LogP contribution in [0.4, 0.5) is 0 Å². The van der Waals surface area contributed by atoms with Gasteiger partial charge in [-0.25, -0.2) is 4.68 Å². The standard InChI is InChI=1S/C17H18ClN3O3/c1-11-9-15(23)16(17(24)20-8-2-3-14(22)10-20)19-21(11)13-6-4-12(18)5-7-13/h4-7,9,14,22H,2-3,8,10H2,1H3/t14-/m1/s1. The molecule has 1 aliphatic heterocycles. The molecule has 3 rings (SSSR count). The SMILES string of the molecule is Cc1cc(=O)c(C(=O)N2CCC[C@@H](O)C2)nn1-c1ccc(Cl)cc1. The van der Waals surface area contributed by atoms with Crippen molar-refractivity contribution in [2.75, 3.05) is 13.1 Å². The minimum atomic E-state index is -0.549. The Morgan fingerprint density at radius 3 is 2.71 bits per heavy atom. The first-order valence-electron chi connectivity index (χ1n) is 7.80. The van der Waals surface area contributed by atoms with Gasteiger partial charge in [-0.1, -0.05) is 11.6 Å². The van der Waals surface area contributed by atoms with Crippen LogP contribution >= 0.6 is 11.6 Å². The van der Waals surface area contributed by atoms with Crippen molar-refractivity contribution in [2.45, 2.75) is 25.9 Å². The van der Waals surface area contributed by atoms with Crippen molar-refractivity contribution in [2.24, 2.45) is 0 Å². The molecule has 126 valence electrons. The number of β-amino-alcohol motifs (C(OH)–C–C–N with tert-alkyl or cyclic N) is 1. The summed E-state index contributed by atoms with van der Waals surface area (Å²) in [5.74, 6) is -0.443. The summed E-state index contributed by atoms with van der Waals surface area (Å²) in [5.41, 5.74) is 0.787. The molecular weight excluding hydrogens is 330 g/mol. The second-order valence-electron chi connectivity index (χ2n) is 5.93. The topological polar surface area (TPSA) is 75.4 Å². The largest absolute Gasteiger partial charge is 0.391 e. The lowest BCUT2D eigenvalue weighted by molar-refractivity contribution is 0.0466. The van der Waals surface area contributed by atoms with E-state index in [4.69, 9.17) is 11.6 Å². The Morgan fingerprint density at radius 1 is 1.33 bits per heavy atom. The van der Waals surface area contributed by atoms with Crippen LogP contribution in [0.2, 0.25) is 5.02 Å². The zero-order valence-corrected chi connectivity index (χ0v) is 14.0. The Morgan fingerprint density at radius 2 is 2.04 bits per heavy atom. The second kappa shape index (κ2) is 6.75. The number of carbonyl (C=O) groups is 1. The highest BCUT2D eigenvalue weighted by atomic mass is 35.5. The summed E-state index contributed by atoms with van der Waals surface area (Å²) < 4.78 is 1.55. The third-order valence-corrected chi connectivity index (χ3v) is 4.32. The summed E-state index contributed by atoms with van der Waals surface area (Å²) in [7, 11) is 0. The van der Waals surface area contributed by atoms with Crippen LogP contribution in [0.25, 0.3) is 5.69 Å². The van der Waals surface area contributed by atoms with Gasteiger partial charge in [0.1, 0.15) is 0 Å². The van der Waals surface area contributed by atoms with E-state index in [1.165, 1.54) is 11.0 Å². The van der Waals surface area contributed by atoms with Gasteiger partial charge < -0.3 is 10.0 Å². The molecule has 0 bridgehead atoms. The highest BCUT2D eigenvalue weighted by Gasteiger charge is 2.26. The fourth-order valence-electron chi connectivity index (χ4n) is 2.83. The predicted octanol–water partition coefficient (Wildman–Crippen LogP) is 1.79. The summed E-state index contributed by atoms with van der Waals surface area (Å²) in [4.78, 5) is 26.4. The van der Waals surface area contributed by atoms with E-state index in [9.17, 15) is 14.7 Å². The Labute approximate surface area is 144 Å². The number of hydrogen-bond donors (Lipinski definition) is 1. The smallest absolute Gasteiger partial charge is 0.278 e. The molecule has 1 aliphatic rings. The number of likely N-dealkylation sites (tertiary alicyclic amines) is 1. The molecule has 1 amide bonds. The molecule has 6 nitrogen and oxygen atoms in total. The van der Waals surface area contributed by atoms with Crippen LogP contribution in [0.15, 0.2) is 35.1 Å². The van der Waals surface area contributed by atoms with Gasteiger partial charge in [-0.15, -0.1) is 0 Å². The number of aliphatic hydroxyl groups excluding tert-OH is 1. The minimum absolute atomic E-state index is 0.135. The van der Waals surface area contributed by atoms with Crippen LogP contribution < -0.4 is 5.43 Å². The summed E-state index contributed by atoms with van der Waals surface area (Å²) in [6.45, 7) is 2.50. The molecule has 1 N–H and O–H groups in total. The van der Waals surface area contributed by atoms with Crippen LogP contribution in [0, 0.1) is 6.92 Å². The number of halogens is 1. The molecule has 0 saturated carbocycles. The average molecular weight is 348 g/mol. The Kier molecular flexibility index (Phi) is 4.69. The molecule has 2 heterocycles. The van der Waals surface area contributed by atoms with Gasteiger partial charge in [0.25, 0.3) is 5.91 Å². The van der Waals surface area contributed by atoms with E-state index in [2.05, 4.69) is 5.10 Å². The lowest BCUT2D eigenvalue weighted by atomic mass is 10.1. The second-order valence-corrected chi connectivity index (χ2v) is 6.37. The first-order valence-corrected chi connectivity index (χ1v) is 8.18. The minimum Gasteiger partial charge on any atom is -0.391 e. The molecule has 1 aromatic carbocycles. The molecule has 1 atom stereocenters. The molecule has 24 heavy (non-hydrogen) atoms. The number of carbonyl (C=O) groups excluding carboxylic acids is 1. The molecule has 1 fully saturated rings. The quantitative estimate of drug-likeness (QED) is 0.898. The van der Waals surface area contributed by atoms with Crippen LogP contribution in [0.1, 0.15) is 29.0 Å². The maximum Gasteiger partial charge on any atom is 0.278 e. The molecule has 0 spiro atoms. The molecule has 0 unspecified atom stereocenters. The van der Waals surface area contributed by atoms with Crippen molar-refractivity contribution in [3.63, 3.8) is 0 Å². The summed E-state index contributed by atoms with van der Waals surface area (Å²) in [6, 6.07) is 8.38. The van der Waals surface area contributed by atoms with E-state index in [0.717, 1.165) is 0 Å². The van der Waals surface area contributed by atoms with Crippen molar-refractivity contribution in [1.29, 1.82) is 0 Å². The van der Waals surface area contributed by atoms with Gasteiger partial charge in [0, 0.05) is 29.9 Å². The fourth-order valence-corrected chi connectivity index (χ4v) is 2.95. The zero-order chi connectivity index (χ0) is 17.3. The lowest BCUT2D eigenvalue weighted by Gasteiger charge is -2.29. The number of hydrogen-bond acceptors (Lipinski definition) is 4.